The molecule has 1 atom stereocenters. The van der Waals surface area contributed by atoms with Crippen molar-refractivity contribution in [3.8, 4) is 0 Å². The molecule has 15 heteroatoms. The quantitative estimate of drug-likeness (QED) is 0.322. The lowest BCUT2D eigenvalue weighted by molar-refractivity contribution is -0.193. The SMILES string of the molecule is O=C(O)C(F)(F)F.O=C(O)C(F)(F)F.c1cc(COCCC2CCOC23CCN(Cc2ccsc2)CC3)ccn1. The smallest absolute Gasteiger partial charge is 0.475 e. The van der Waals surface area contributed by atoms with Gasteiger partial charge in [0.05, 0.1) is 12.2 Å². The summed E-state index contributed by atoms with van der Waals surface area (Å²) in [5, 5.41) is 18.7. The highest BCUT2D eigenvalue weighted by Gasteiger charge is 2.45. The summed E-state index contributed by atoms with van der Waals surface area (Å²) >= 11 is 1.79. The highest BCUT2D eigenvalue weighted by Crippen LogP contribution is 2.42. The average Bonchev–Trinajstić information content (AvgIpc) is 3.54. The molecule has 2 N–H and O–H groups in total. The van der Waals surface area contributed by atoms with E-state index in [9.17, 15) is 26.3 Å². The molecule has 40 heavy (non-hydrogen) atoms. The predicted octanol–water partition coefficient (Wildman–Crippen LogP) is 5.39. The molecule has 8 nitrogen and oxygen atoms in total. The highest BCUT2D eigenvalue weighted by molar-refractivity contribution is 7.07. The monoisotopic (exact) mass is 600 g/mol. The van der Waals surface area contributed by atoms with E-state index in [4.69, 9.17) is 29.3 Å². The van der Waals surface area contributed by atoms with Crippen LogP contribution in [-0.2, 0) is 32.2 Å². The van der Waals surface area contributed by atoms with E-state index in [1.807, 2.05) is 24.5 Å². The minimum Gasteiger partial charge on any atom is -0.475 e. The van der Waals surface area contributed by atoms with E-state index in [-0.39, 0.29) is 5.60 Å². The Hall–Kier alpha value is -2.75. The highest BCUT2D eigenvalue weighted by atomic mass is 32.1. The molecule has 0 saturated carbocycles. The maximum atomic E-state index is 10.6. The number of likely N-dealkylation sites (tertiary alicyclic amines) is 1. The van der Waals surface area contributed by atoms with Crippen LogP contribution in [0.25, 0.3) is 0 Å². The van der Waals surface area contributed by atoms with Gasteiger partial charge in [0.15, 0.2) is 0 Å². The number of aliphatic carboxylic acids is 2. The number of alkyl halides is 6. The van der Waals surface area contributed by atoms with E-state index < -0.39 is 24.3 Å². The molecular formula is C25H30F6N2O6S. The number of carbonyl (C=O) groups is 2. The zero-order valence-electron chi connectivity index (χ0n) is 21.3. The van der Waals surface area contributed by atoms with Gasteiger partial charge >= 0.3 is 24.3 Å². The molecular weight excluding hydrogens is 570 g/mol. The van der Waals surface area contributed by atoms with Gasteiger partial charge in [-0.3, -0.25) is 9.88 Å². The molecule has 0 aromatic carbocycles. The fourth-order valence-corrected chi connectivity index (χ4v) is 5.03. The number of hydrogen-bond donors (Lipinski definition) is 2. The van der Waals surface area contributed by atoms with Crippen LogP contribution in [-0.4, -0.2) is 76.3 Å². The number of nitrogens with zero attached hydrogens (tertiary/aromatic N) is 2. The fraction of sp³-hybridized carbons (Fsp3) is 0.560. The lowest BCUT2D eigenvalue weighted by Crippen LogP contribution is -2.47. The number of carboxylic acid groups (broad SMARTS) is 2. The Morgan fingerprint density at radius 2 is 1.60 bits per heavy atom. The Bertz CT molecular complexity index is 1000. The van der Waals surface area contributed by atoms with E-state index >= 15 is 0 Å². The maximum Gasteiger partial charge on any atom is 0.490 e. The molecule has 2 aliphatic rings. The zero-order chi connectivity index (χ0) is 29.8. The first-order valence-electron chi connectivity index (χ1n) is 12.2. The van der Waals surface area contributed by atoms with Crippen LogP contribution in [0.2, 0.25) is 0 Å². The van der Waals surface area contributed by atoms with Crippen molar-refractivity contribution in [3.63, 3.8) is 0 Å². The molecule has 4 heterocycles. The van der Waals surface area contributed by atoms with Crippen LogP contribution < -0.4 is 0 Å². The second-order valence-electron chi connectivity index (χ2n) is 9.11. The summed E-state index contributed by atoms with van der Waals surface area (Å²) in [5.41, 5.74) is 2.74. The first-order chi connectivity index (χ1) is 18.7. The standard InChI is InChI=1S/C21H28N2O2S.2C2HF3O2/c1-8-22-9-2-18(1)16-24-12-3-20-4-13-25-21(20)6-10-23(11-7-21)15-19-5-14-26-17-19;2*3-2(4,5)1(6)7/h1-2,5,8-9,14,17,20H,3-4,6-7,10-13,15-16H2;2*(H,6,7). The van der Waals surface area contributed by atoms with Crippen molar-refractivity contribution < 1.29 is 55.6 Å². The van der Waals surface area contributed by atoms with Gasteiger partial charge in [0.1, 0.15) is 0 Å². The summed E-state index contributed by atoms with van der Waals surface area (Å²) in [7, 11) is 0. The summed E-state index contributed by atoms with van der Waals surface area (Å²) in [4.78, 5) is 24.4. The second kappa shape index (κ2) is 15.3. The third kappa shape index (κ3) is 11.4. The maximum absolute atomic E-state index is 10.6. The lowest BCUT2D eigenvalue weighted by Gasteiger charge is -2.42. The largest absolute Gasteiger partial charge is 0.490 e. The Labute approximate surface area is 230 Å². The zero-order valence-corrected chi connectivity index (χ0v) is 22.1. The molecule has 1 spiro atoms. The molecule has 2 fully saturated rings. The van der Waals surface area contributed by atoms with Gasteiger partial charge in [-0.15, -0.1) is 0 Å². The second-order valence-corrected chi connectivity index (χ2v) is 9.89. The van der Waals surface area contributed by atoms with E-state index in [2.05, 4.69) is 26.7 Å². The normalized spacial score (nSPS) is 18.8. The first-order valence-corrected chi connectivity index (χ1v) is 13.1. The van der Waals surface area contributed by atoms with Gasteiger partial charge in [-0.25, -0.2) is 9.59 Å². The molecule has 1 unspecified atom stereocenters. The van der Waals surface area contributed by atoms with Gasteiger partial charge in [0.2, 0.25) is 0 Å². The van der Waals surface area contributed by atoms with E-state index in [0.29, 0.717) is 12.5 Å². The molecule has 2 aromatic rings. The minimum absolute atomic E-state index is 0.102. The first kappa shape index (κ1) is 33.5. The molecule has 224 valence electrons. The topological polar surface area (TPSA) is 109 Å². The number of aromatic nitrogens is 1. The Balaban J connectivity index is 0.000000333. The van der Waals surface area contributed by atoms with Crippen LogP contribution in [0.1, 0.15) is 36.8 Å². The van der Waals surface area contributed by atoms with Crippen LogP contribution in [0, 0.1) is 5.92 Å². The van der Waals surface area contributed by atoms with Gasteiger partial charge in [-0.1, -0.05) is 0 Å². The van der Waals surface area contributed by atoms with Crippen molar-refractivity contribution >= 4 is 23.3 Å². The van der Waals surface area contributed by atoms with E-state index in [0.717, 1.165) is 52.1 Å². The van der Waals surface area contributed by atoms with E-state index in [1.165, 1.54) is 17.5 Å². The van der Waals surface area contributed by atoms with Crippen LogP contribution >= 0.6 is 11.3 Å². The van der Waals surface area contributed by atoms with Gasteiger partial charge in [0.25, 0.3) is 0 Å². The predicted molar refractivity (Wildman–Crippen MR) is 132 cm³/mol. The van der Waals surface area contributed by atoms with Crippen molar-refractivity contribution in [2.24, 2.45) is 5.92 Å². The Morgan fingerprint density at radius 1 is 1.02 bits per heavy atom. The molecule has 0 radical (unpaired) electrons. The van der Waals surface area contributed by atoms with E-state index in [1.54, 1.807) is 11.3 Å². The molecule has 2 saturated heterocycles. The number of hydrogen-bond acceptors (Lipinski definition) is 7. The summed E-state index contributed by atoms with van der Waals surface area (Å²) in [5.74, 6) is -4.87. The third-order valence-electron chi connectivity index (χ3n) is 6.40. The minimum atomic E-state index is -5.08. The molecule has 4 rings (SSSR count). The van der Waals surface area contributed by atoms with Crippen molar-refractivity contribution in [2.45, 2.75) is 56.8 Å². The summed E-state index contributed by atoms with van der Waals surface area (Å²) in [6.07, 6.45) is -1.91. The number of pyridine rings is 1. The molecule has 2 aliphatic heterocycles. The summed E-state index contributed by atoms with van der Waals surface area (Å²) in [6.45, 7) is 5.78. The number of piperidine rings is 1. The van der Waals surface area contributed by atoms with Gasteiger partial charge < -0.3 is 19.7 Å². The van der Waals surface area contributed by atoms with Crippen molar-refractivity contribution in [2.75, 3.05) is 26.3 Å². The lowest BCUT2D eigenvalue weighted by atomic mass is 9.78. The third-order valence-corrected chi connectivity index (χ3v) is 7.13. The molecule has 0 bridgehead atoms. The van der Waals surface area contributed by atoms with Gasteiger partial charge in [-0.2, -0.15) is 37.7 Å². The average molecular weight is 601 g/mol. The van der Waals surface area contributed by atoms with Crippen LogP contribution in [0.3, 0.4) is 0 Å². The number of ether oxygens (including phenoxy) is 2. The van der Waals surface area contributed by atoms with Gasteiger partial charge in [0, 0.05) is 45.2 Å². The molecule has 0 amide bonds. The summed E-state index contributed by atoms with van der Waals surface area (Å²) in [6, 6.07) is 6.27. The van der Waals surface area contributed by atoms with Crippen molar-refractivity contribution in [3.05, 3.63) is 52.5 Å². The van der Waals surface area contributed by atoms with Crippen LogP contribution in [0.5, 0.6) is 0 Å². The Kier molecular flexibility index (Phi) is 12.8. The molecule has 0 aliphatic carbocycles. The fourth-order valence-electron chi connectivity index (χ4n) is 4.37. The molecule has 2 aromatic heterocycles. The number of rotatable bonds is 7. The number of halogens is 6. The van der Waals surface area contributed by atoms with Crippen molar-refractivity contribution in [1.29, 1.82) is 0 Å². The van der Waals surface area contributed by atoms with Crippen molar-refractivity contribution in [1.82, 2.24) is 9.88 Å². The van der Waals surface area contributed by atoms with Crippen LogP contribution in [0.4, 0.5) is 26.3 Å². The number of carboxylic acids is 2. The van der Waals surface area contributed by atoms with Crippen LogP contribution in [0.15, 0.2) is 41.4 Å². The Morgan fingerprint density at radius 3 is 2.10 bits per heavy atom. The summed E-state index contributed by atoms with van der Waals surface area (Å²) < 4.78 is 75.7. The number of thiophene rings is 1. The van der Waals surface area contributed by atoms with Gasteiger partial charge in [-0.05, 0) is 71.7 Å².